The third-order valence-electron chi connectivity index (χ3n) is 1.77. The molecule has 0 amide bonds. The Morgan fingerprint density at radius 1 is 1.69 bits per heavy atom. The number of rotatable bonds is 5. The van der Waals surface area contributed by atoms with Crippen molar-refractivity contribution < 1.29 is 0 Å². The van der Waals surface area contributed by atoms with Crippen LogP contribution in [0.25, 0.3) is 0 Å². The molecule has 0 saturated carbocycles. The Kier molecular flexibility index (Phi) is 4.35. The highest BCUT2D eigenvalue weighted by Crippen LogP contribution is 2.08. The van der Waals surface area contributed by atoms with Crippen molar-refractivity contribution in [3.8, 4) is 0 Å². The summed E-state index contributed by atoms with van der Waals surface area (Å²) in [6.45, 7) is 1.91. The lowest BCUT2D eigenvalue weighted by molar-refractivity contribution is 0.338. The molecule has 0 saturated heterocycles. The van der Waals surface area contributed by atoms with Gasteiger partial charge in [-0.3, -0.25) is 0 Å². The van der Waals surface area contributed by atoms with Crippen LogP contribution in [-0.2, 0) is 6.54 Å². The molecule has 0 aliphatic rings. The largest absolute Gasteiger partial charge is 0.393 e. The van der Waals surface area contributed by atoms with E-state index >= 15 is 0 Å². The molecule has 72 valence electrons. The Hall–Kier alpha value is -0.450. The summed E-state index contributed by atoms with van der Waals surface area (Å²) < 4.78 is 0. The second-order valence-electron chi connectivity index (χ2n) is 3.09. The zero-order valence-electron chi connectivity index (χ0n) is 7.69. The van der Waals surface area contributed by atoms with E-state index in [0.29, 0.717) is 4.99 Å². The molecule has 2 nitrogen and oxygen atoms in total. The smallest absolute Gasteiger partial charge is 0.0740 e. The highest BCUT2D eigenvalue weighted by atomic mass is 32.1. The van der Waals surface area contributed by atoms with Gasteiger partial charge >= 0.3 is 0 Å². The molecule has 1 rings (SSSR count). The van der Waals surface area contributed by atoms with Crippen LogP contribution in [0.3, 0.4) is 0 Å². The lowest BCUT2D eigenvalue weighted by Crippen LogP contribution is -2.23. The van der Waals surface area contributed by atoms with E-state index in [-0.39, 0.29) is 0 Å². The summed E-state index contributed by atoms with van der Waals surface area (Å²) in [6.07, 6.45) is 0.802. The fourth-order valence-corrected chi connectivity index (χ4v) is 1.83. The molecular weight excluding hydrogens is 200 g/mol. The Labute approximate surface area is 88.4 Å². The van der Waals surface area contributed by atoms with Crippen LogP contribution in [0.15, 0.2) is 16.8 Å². The minimum absolute atomic E-state index is 0.595. The summed E-state index contributed by atoms with van der Waals surface area (Å²) >= 11 is 6.54. The topological polar surface area (TPSA) is 29.3 Å². The Morgan fingerprint density at radius 3 is 3.00 bits per heavy atom. The van der Waals surface area contributed by atoms with Gasteiger partial charge in [-0.25, -0.2) is 0 Å². The van der Waals surface area contributed by atoms with E-state index in [1.807, 2.05) is 0 Å². The van der Waals surface area contributed by atoms with Gasteiger partial charge in [-0.1, -0.05) is 12.2 Å². The summed E-state index contributed by atoms with van der Waals surface area (Å²) in [7, 11) is 2.08. The fraction of sp³-hybridized carbons (Fsp3) is 0.444. The van der Waals surface area contributed by atoms with E-state index in [2.05, 4.69) is 28.8 Å². The van der Waals surface area contributed by atoms with Gasteiger partial charge in [0.2, 0.25) is 0 Å². The summed E-state index contributed by atoms with van der Waals surface area (Å²) in [5.41, 5.74) is 6.78. The number of nitrogens with two attached hydrogens (primary N) is 1. The molecule has 0 radical (unpaired) electrons. The third-order valence-corrected chi connectivity index (χ3v) is 2.71. The summed E-state index contributed by atoms with van der Waals surface area (Å²) in [6, 6.07) is 2.14. The number of thiocarbonyl (C=S) groups is 1. The average Bonchev–Trinajstić information content (AvgIpc) is 2.53. The van der Waals surface area contributed by atoms with Crippen molar-refractivity contribution in [3.05, 3.63) is 22.4 Å². The monoisotopic (exact) mass is 214 g/mol. The summed E-state index contributed by atoms with van der Waals surface area (Å²) in [5.74, 6) is 0. The van der Waals surface area contributed by atoms with Crippen molar-refractivity contribution in [1.29, 1.82) is 0 Å². The van der Waals surface area contributed by atoms with Crippen LogP contribution < -0.4 is 5.73 Å². The van der Waals surface area contributed by atoms with Crippen molar-refractivity contribution in [2.45, 2.75) is 13.0 Å². The van der Waals surface area contributed by atoms with E-state index in [0.717, 1.165) is 19.5 Å². The van der Waals surface area contributed by atoms with Gasteiger partial charge in [-0.15, -0.1) is 0 Å². The molecule has 0 aliphatic heterocycles. The first kappa shape index (κ1) is 10.6. The van der Waals surface area contributed by atoms with Gasteiger partial charge in [0.25, 0.3) is 0 Å². The molecule has 1 aromatic heterocycles. The Morgan fingerprint density at radius 2 is 2.46 bits per heavy atom. The molecule has 13 heavy (non-hydrogen) atoms. The maximum atomic E-state index is 5.42. The maximum absolute atomic E-state index is 5.42. The molecule has 0 unspecified atom stereocenters. The molecule has 0 aliphatic carbocycles. The molecule has 1 aromatic rings. The highest BCUT2D eigenvalue weighted by molar-refractivity contribution is 7.80. The van der Waals surface area contributed by atoms with Gasteiger partial charge in [0.05, 0.1) is 4.99 Å². The van der Waals surface area contributed by atoms with Crippen LogP contribution in [0.2, 0.25) is 0 Å². The van der Waals surface area contributed by atoms with Crippen LogP contribution in [0.4, 0.5) is 0 Å². The maximum Gasteiger partial charge on any atom is 0.0740 e. The average molecular weight is 214 g/mol. The van der Waals surface area contributed by atoms with Crippen molar-refractivity contribution in [2.24, 2.45) is 5.73 Å². The lowest BCUT2D eigenvalue weighted by Gasteiger charge is -2.14. The van der Waals surface area contributed by atoms with E-state index < -0.39 is 0 Å². The van der Waals surface area contributed by atoms with E-state index in [1.165, 1.54) is 5.56 Å². The van der Waals surface area contributed by atoms with Crippen LogP contribution in [0.5, 0.6) is 0 Å². The van der Waals surface area contributed by atoms with Crippen LogP contribution in [-0.4, -0.2) is 23.5 Å². The van der Waals surface area contributed by atoms with E-state index in [9.17, 15) is 0 Å². The van der Waals surface area contributed by atoms with Gasteiger partial charge in [0.1, 0.15) is 0 Å². The van der Waals surface area contributed by atoms with Gasteiger partial charge < -0.3 is 10.6 Å². The second kappa shape index (κ2) is 5.32. The normalized spacial score (nSPS) is 10.6. The first-order valence-corrected chi connectivity index (χ1v) is 5.51. The van der Waals surface area contributed by atoms with Gasteiger partial charge in [0.15, 0.2) is 0 Å². The zero-order valence-corrected chi connectivity index (χ0v) is 9.33. The quantitative estimate of drug-likeness (QED) is 0.759. The lowest BCUT2D eigenvalue weighted by atomic mass is 10.3. The summed E-state index contributed by atoms with van der Waals surface area (Å²) in [5, 5.41) is 4.26. The second-order valence-corrected chi connectivity index (χ2v) is 4.39. The molecular formula is C9H14N2S2. The Balaban J connectivity index is 2.25. The number of hydrogen-bond acceptors (Lipinski definition) is 3. The molecule has 2 N–H and O–H groups in total. The van der Waals surface area contributed by atoms with Crippen LogP contribution in [0.1, 0.15) is 12.0 Å². The predicted molar refractivity (Wildman–Crippen MR) is 62.1 cm³/mol. The SMILES string of the molecule is CN(CCC(N)=S)Cc1ccsc1. The fourth-order valence-electron chi connectivity index (χ4n) is 1.07. The van der Waals surface area contributed by atoms with Gasteiger partial charge in [0, 0.05) is 19.5 Å². The van der Waals surface area contributed by atoms with Crippen LogP contribution >= 0.6 is 23.6 Å². The van der Waals surface area contributed by atoms with Crippen LogP contribution in [0, 0.1) is 0 Å². The number of thiophene rings is 1. The third kappa shape index (κ3) is 4.36. The molecule has 1 heterocycles. The minimum atomic E-state index is 0.595. The highest BCUT2D eigenvalue weighted by Gasteiger charge is 2.00. The molecule has 0 spiro atoms. The first-order valence-electron chi connectivity index (χ1n) is 4.16. The zero-order chi connectivity index (χ0) is 9.68. The molecule has 0 atom stereocenters. The first-order chi connectivity index (χ1) is 6.18. The predicted octanol–water partition coefficient (Wildman–Crippen LogP) is 1.86. The molecule has 0 fully saturated rings. The van der Waals surface area contributed by atoms with Crippen molar-refractivity contribution in [3.63, 3.8) is 0 Å². The number of hydrogen-bond donors (Lipinski definition) is 1. The molecule has 4 heteroatoms. The van der Waals surface area contributed by atoms with Crippen molar-refractivity contribution >= 4 is 28.5 Å². The standard InChI is InChI=1S/C9H14N2S2/c1-11(4-2-9(10)12)6-8-3-5-13-7-8/h3,5,7H,2,4,6H2,1H3,(H2,10,12). The van der Waals surface area contributed by atoms with Crippen molar-refractivity contribution in [2.75, 3.05) is 13.6 Å². The summed E-state index contributed by atoms with van der Waals surface area (Å²) in [4.78, 5) is 2.82. The van der Waals surface area contributed by atoms with Gasteiger partial charge in [-0.2, -0.15) is 11.3 Å². The molecule has 0 aromatic carbocycles. The minimum Gasteiger partial charge on any atom is -0.393 e. The number of nitrogens with zero attached hydrogens (tertiary/aromatic N) is 1. The Bertz CT molecular complexity index is 257. The van der Waals surface area contributed by atoms with E-state index in [4.69, 9.17) is 18.0 Å². The van der Waals surface area contributed by atoms with Gasteiger partial charge in [-0.05, 0) is 29.4 Å². The van der Waals surface area contributed by atoms with E-state index in [1.54, 1.807) is 11.3 Å². The van der Waals surface area contributed by atoms with Crippen molar-refractivity contribution in [1.82, 2.24) is 4.90 Å². The molecule has 0 bridgehead atoms.